The van der Waals surface area contributed by atoms with Crippen molar-refractivity contribution in [2.75, 3.05) is 0 Å². The lowest BCUT2D eigenvalue weighted by atomic mass is 9.78. The van der Waals surface area contributed by atoms with Crippen LogP contribution in [0.15, 0.2) is 33.9 Å². The van der Waals surface area contributed by atoms with E-state index in [2.05, 4.69) is 21.2 Å². The Labute approximate surface area is 124 Å². The average Bonchev–Trinajstić information content (AvgIpc) is 2.40. The van der Waals surface area contributed by atoms with Crippen LogP contribution >= 0.6 is 15.9 Å². The molecule has 104 valence electrons. The zero-order valence-electron chi connectivity index (χ0n) is 10.7. The van der Waals surface area contributed by atoms with Gasteiger partial charge in [-0.25, -0.2) is 4.39 Å². The van der Waals surface area contributed by atoms with Crippen molar-refractivity contribution in [1.82, 2.24) is 5.32 Å². The van der Waals surface area contributed by atoms with Crippen molar-refractivity contribution >= 4 is 27.6 Å². The molecule has 0 aromatic heterocycles. The Hall–Kier alpha value is -1.49. The Kier molecular flexibility index (Phi) is 3.46. The number of halogens is 2. The van der Waals surface area contributed by atoms with E-state index in [0.29, 0.717) is 29.7 Å². The van der Waals surface area contributed by atoms with E-state index < -0.39 is 5.92 Å². The molecule has 1 aromatic carbocycles. The quantitative estimate of drug-likeness (QED) is 0.855. The highest BCUT2D eigenvalue weighted by Crippen LogP contribution is 2.39. The second-order valence-electron chi connectivity index (χ2n) is 5.14. The summed E-state index contributed by atoms with van der Waals surface area (Å²) < 4.78 is 14.8. The van der Waals surface area contributed by atoms with Crippen LogP contribution < -0.4 is 5.32 Å². The Morgan fingerprint density at radius 2 is 2.05 bits per heavy atom. The highest BCUT2D eigenvalue weighted by Gasteiger charge is 2.35. The third-order valence-electron chi connectivity index (χ3n) is 3.82. The molecule has 1 aliphatic carbocycles. The molecule has 1 atom stereocenters. The lowest BCUT2D eigenvalue weighted by Crippen LogP contribution is -2.36. The van der Waals surface area contributed by atoms with Gasteiger partial charge in [0.1, 0.15) is 5.82 Å². The SMILES string of the molecule is O=C1C[C@H](c2cc(Br)ccc2F)C2=C(CCCC2=O)N1. The molecule has 0 fully saturated rings. The highest BCUT2D eigenvalue weighted by atomic mass is 79.9. The molecule has 20 heavy (non-hydrogen) atoms. The summed E-state index contributed by atoms with van der Waals surface area (Å²) in [5.74, 6) is -0.972. The van der Waals surface area contributed by atoms with Crippen molar-refractivity contribution in [1.29, 1.82) is 0 Å². The number of Topliss-reactive ketones (excluding diaryl/α,β-unsaturated/α-hetero) is 1. The lowest BCUT2D eigenvalue weighted by molar-refractivity contribution is -0.122. The third-order valence-corrected chi connectivity index (χ3v) is 4.31. The number of amides is 1. The van der Waals surface area contributed by atoms with Crippen molar-refractivity contribution in [3.63, 3.8) is 0 Å². The number of rotatable bonds is 1. The molecular formula is C15H13BrFNO2. The fourth-order valence-electron chi connectivity index (χ4n) is 2.95. The Balaban J connectivity index is 2.13. The van der Waals surface area contributed by atoms with Crippen LogP contribution in [0.3, 0.4) is 0 Å². The molecule has 2 aliphatic rings. The number of carbonyl (C=O) groups excluding carboxylic acids is 2. The zero-order valence-corrected chi connectivity index (χ0v) is 12.3. The summed E-state index contributed by atoms with van der Waals surface area (Å²) in [5, 5.41) is 2.77. The van der Waals surface area contributed by atoms with Gasteiger partial charge in [-0.3, -0.25) is 9.59 Å². The first-order chi connectivity index (χ1) is 9.56. The summed E-state index contributed by atoms with van der Waals surface area (Å²) in [6.45, 7) is 0. The maximum Gasteiger partial charge on any atom is 0.225 e. The van der Waals surface area contributed by atoms with Crippen LogP contribution in [-0.2, 0) is 9.59 Å². The molecule has 0 saturated heterocycles. The van der Waals surface area contributed by atoms with E-state index in [1.165, 1.54) is 6.07 Å². The molecule has 1 heterocycles. The molecule has 0 radical (unpaired) electrons. The van der Waals surface area contributed by atoms with Crippen LogP contribution in [0, 0.1) is 5.82 Å². The van der Waals surface area contributed by atoms with Gasteiger partial charge in [0.25, 0.3) is 0 Å². The summed E-state index contributed by atoms with van der Waals surface area (Å²) in [7, 11) is 0. The summed E-state index contributed by atoms with van der Waals surface area (Å²) in [6.07, 6.45) is 2.02. The Morgan fingerprint density at radius 3 is 2.85 bits per heavy atom. The fraction of sp³-hybridized carbons (Fsp3) is 0.333. The van der Waals surface area contributed by atoms with E-state index in [1.807, 2.05) is 0 Å². The standard InChI is InChI=1S/C15H13BrFNO2/c16-8-4-5-11(17)9(6-8)10-7-14(20)18-12-2-1-3-13(19)15(10)12/h4-6,10H,1-3,7H2,(H,18,20)/t10-/m1/s1. The van der Waals surface area contributed by atoms with Gasteiger partial charge in [-0.2, -0.15) is 0 Å². The van der Waals surface area contributed by atoms with Crippen molar-refractivity contribution < 1.29 is 14.0 Å². The summed E-state index contributed by atoms with van der Waals surface area (Å²) in [4.78, 5) is 24.0. The predicted octanol–water partition coefficient (Wildman–Crippen LogP) is 3.20. The first-order valence-corrected chi connectivity index (χ1v) is 7.36. The van der Waals surface area contributed by atoms with Crippen LogP contribution in [0.25, 0.3) is 0 Å². The van der Waals surface area contributed by atoms with Crippen LogP contribution in [0.1, 0.15) is 37.2 Å². The number of benzene rings is 1. The van der Waals surface area contributed by atoms with Gasteiger partial charge >= 0.3 is 0 Å². The van der Waals surface area contributed by atoms with Gasteiger partial charge in [-0.05, 0) is 36.6 Å². The Morgan fingerprint density at radius 1 is 1.25 bits per heavy atom. The van der Waals surface area contributed by atoms with E-state index >= 15 is 0 Å². The second-order valence-corrected chi connectivity index (χ2v) is 6.06. The van der Waals surface area contributed by atoms with Gasteiger partial charge in [0.15, 0.2) is 5.78 Å². The number of allylic oxidation sites excluding steroid dienone is 2. The van der Waals surface area contributed by atoms with Gasteiger partial charge in [0.05, 0.1) is 0 Å². The van der Waals surface area contributed by atoms with Crippen LogP contribution in [0.4, 0.5) is 4.39 Å². The number of carbonyl (C=O) groups is 2. The molecule has 5 heteroatoms. The maximum atomic E-state index is 14.1. The second kappa shape index (κ2) is 5.13. The smallest absolute Gasteiger partial charge is 0.225 e. The first kappa shape index (κ1) is 13.5. The lowest BCUT2D eigenvalue weighted by Gasteiger charge is -2.31. The molecule has 1 aliphatic heterocycles. The number of nitrogens with one attached hydrogen (secondary N) is 1. The highest BCUT2D eigenvalue weighted by molar-refractivity contribution is 9.10. The van der Waals surface area contributed by atoms with Crippen molar-refractivity contribution in [3.8, 4) is 0 Å². The number of hydrogen-bond acceptors (Lipinski definition) is 2. The van der Waals surface area contributed by atoms with Crippen LogP contribution in [-0.4, -0.2) is 11.7 Å². The molecule has 0 saturated carbocycles. The van der Waals surface area contributed by atoms with E-state index in [9.17, 15) is 14.0 Å². The van der Waals surface area contributed by atoms with E-state index in [1.54, 1.807) is 12.1 Å². The topological polar surface area (TPSA) is 46.2 Å². The van der Waals surface area contributed by atoms with Crippen LogP contribution in [0.2, 0.25) is 0 Å². The summed E-state index contributed by atoms with van der Waals surface area (Å²) >= 11 is 3.31. The third kappa shape index (κ3) is 2.30. The summed E-state index contributed by atoms with van der Waals surface area (Å²) in [5.41, 5.74) is 1.69. The van der Waals surface area contributed by atoms with Gasteiger partial charge in [0.2, 0.25) is 5.91 Å². The van der Waals surface area contributed by atoms with Gasteiger partial charge in [-0.15, -0.1) is 0 Å². The first-order valence-electron chi connectivity index (χ1n) is 6.57. The van der Waals surface area contributed by atoms with Gasteiger partial charge < -0.3 is 5.32 Å². The van der Waals surface area contributed by atoms with Gasteiger partial charge in [-0.1, -0.05) is 15.9 Å². The van der Waals surface area contributed by atoms with Gasteiger partial charge in [0, 0.05) is 34.5 Å². The van der Waals surface area contributed by atoms with E-state index in [4.69, 9.17) is 0 Å². The molecule has 0 bridgehead atoms. The minimum absolute atomic E-state index is 0.0237. The number of hydrogen-bond donors (Lipinski definition) is 1. The van der Waals surface area contributed by atoms with Crippen LogP contribution in [0.5, 0.6) is 0 Å². The van der Waals surface area contributed by atoms with Crippen molar-refractivity contribution in [3.05, 3.63) is 45.3 Å². The van der Waals surface area contributed by atoms with E-state index in [0.717, 1.165) is 10.9 Å². The monoisotopic (exact) mass is 337 g/mol. The minimum Gasteiger partial charge on any atom is -0.329 e. The minimum atomic E-state index is -0.468. The molecule has 0 unspecified atom stereocenters. The zero-order chi connectivity index (χ0) is 14.3. The molecular weight excluding hydrogens is 325 g/mol. The fourth-order valence-corrected chi connectivity index (χ4v) is 3.33. The average molecular weight is 338 g/mol. The van der Waals surface area contributed by atoms with E-state index in [-0.39, 0.29) is 23.9 Å². The largest absolute Gasteiger partial charge is 0.329 e. The summed E-state index contributed by atoms with van der Waals surface area (Å²) in [6, 6.07) is 4.63. The molecule has 1 aromatic rings. The molecule has 3 rings (SSSR count). The molecule has 3 nitrogen and oxygen atoms in total. The van der Waals surface area contributed by atoms with Crippen molar-refractivity contribution in [2.24, 2.45) is 0 Å². The molecule has 1 N–H and O–H groups in total. The van der Waals surface area contributed by atoms with Crippen molar-refractivity contribution in [2.45, 2.75) is 31.6 Å². The molecule has 0 spiro atoms. The predicted molar refractivity (Wildman–Crippen MR) is 75.5 cm³/mol. The maximum absolute atomic E-state index is 14.1. The normalized spacial score (nSPS) is 22.6. The Bertz CT molecular complexity index is 639. The molecule has 1 amide bonds. The number of ketones is 1.